The van der Waals surface area contributed by atoms with Crippen molar-refractivity contribution >= 4 is 32.7 Å². The lowest BCUT2D eigenvalue weighted by Crippen LogP contribution is -2.35. The fourth-order valence-corrected chi connectivity index (χ4v) is 4.01. The van der Waals surface area contributed by atoms with Gasteiger partial charge in [0.2, 0.25) is 5.91 Å². The summed E-state index contributed by atoms with van der Waals surface area (Å²) in [5, 5.41) is 4.39. The second-order valence-corrected chi connectivity index (χ2v) is 7.61. The minimum absolute atomic E-state index is 0.138. The van der Waals surface area contributed by atoms with Gasteiger partial charge in [-0.1, -0.05) is 47.7 Å². The van der Waals surface area contributed by atoms with Crippen molar-refractivity contribution in [2.24, 2.45) is 0 Å². The van der Waals surface area contributed by atoms with E-state index in [-0.39, 0.29) is 5.91 Å². The minimum Gasteiger partial charge on any atom is -0.353 e. The molecule has 2 aromatic rings. The van der Waals surface area contributed by atoms with Gasteiger partial charge in [-0.15, -0.1) is 6.58 Å². The van der Waals surface area contributed by atoms with Gasteiger partial charge in [-0.05, 0) is 36.6 Å². The fraction of sp³-hybridized carbons (Fsp3) is 0.450. The van der Waals surface area contributed by atoms with Crippen LogP contribution < -0.4 is 5.32 Å². The maximum atomic E-state index is 12.5. The van der Waals surface area contributed by atoms with Crippen LogP contribution in [0, 0.1) is 0 Å². The molecule has 1 aromatic carbocycles. The highest BCUT2D eigenvalue weighted by Gasteiger charge is 2.17. The Bertz CT molecular complexity index is 727. The quantitative estimate of drug-likeness (QED) is 0.569. The molecule has 24 heavy (non-hydrogen) atoms. The Kier molecular flexibility index (Phi) is 5.77. The van der Waals surface area contributed by atoms with E-state index in [1.807, 2.05) is 12.1 Å². The van der Waals surface area contributed by atoms with Crippen LogP contribution in [-0.4, -0.2) is 16.5 Å². The Labute approximate surface area is 152 Å². The van der Waals surface area contributed by atoms with Crippen molar-refractivity contribution in [3.8, 4) is 0 Å². The molecular weight excluding hydrogens is 364 g/mol. The standard InChI is InChI=1S/C20H25BrN2O/c1-2-11-23-14-15(18-13-16(21)9-10-19(18)23)12-20(24)22-17-7-5-3-4-6-8-17/h2,9-10,13-14,17H,1,3-8,11-12H2,(H,22,24). The van der Waals surface area contributed by atoms with E-state index in [2.05, 4.69) is 50.7 Å². The summed E-state index contributed by atoms with van der Waals surface area (Å²) in [6, 6.07) is 6.59. The highest BCUT2D eigenvalue weighted by atomic mass is 79.9. The number of carbonyl (C=O) groups is 1. The number of carbonyl (C=O) groups excluding carboxylic acids is 1. The lowest BCUT2D eigenvalue weighted by atomic mass is 10.1. The zero-order valence-electron chi connectivity index (χ0n) is 14.1. The molecule has 3 rings (SSSR count). The molecule has 1 amide bonds. The molecule has 128 valence electrons. The van der Waals surface area contributed by atoms with Crippen LogP contribution in [0.15, 0.2) is 41.5 Å². The zero-order valence-corrected chi connectivity index (χ0v) is 15.6. The van der Waals surface area contributed by atoms with Crippen LogP contribution in [0.25, 0.3) is 10.9 Å². The van der Waals surface area contributed by atoms with Crippen LogP contribution in [0.2, 0.25) is 0 Å². The van der Waals surface area contributed by atoms with E-state index in [0.29, 0.717) is 12.5 Å². The van der Waals surface area contributed by atoms with E-state index in [0.717, 1.165) is 40.3 Å². The van der Waals surface area contributed by atoms with Crippen LogP contribution in [0.3, 0.4) is 0 Å². The largest absolute Gasteiger partial charge is 0.353 e. The van der Waals surface area contributed by atoms with Crippen molar-refractivity contribution in [2.45, 2.75) is 57.5 Å². The van der Waals surface area contributed by atoms with E-state index in [4.69, 9.17) is 0 Å². The highest BCUT2D eigenvalue weighted by molar-refractivity contribution is 9.10. The smallest absolute Gasteiger partial charge is 0.224 e. The molecule has 0 saturated heterocycles. The number of fused-ring (bicyclic) bond motifs is 1. The summed E-state index contributed by atoms with van der Waals surface area (Å²) >= 11 is 3.54. The van der Waals surface area contributed by atoms with E-state index in [1.54, 1.807) is 0 Å². The van der Waals surface area contributed by atoms with E-state index in [9.17, 15) is 4.79 Å². The maximum Gasteiger partial charge on any atom is 0.224 e. The van der Waals surface area contributed by atoms with Gasteiger partial charge in [0.25, 0.3) is 0 Å². The molecule has 1 aliphatic carbocycles. The molecule has 0 radical (unpaired) electrons. The lowest BCUT2D eigenvalue weighted by Gasteiger charge is -2.16. The van der Waals surface area contributed by atoms with Crippen molar-refractivity contribution in [1.82, 2.24) is 9.88 Å². The van der Waals surface area contributed by atoms with Crippen LogP contribution in [0.5, 0.6) is 0 Å². The first-order valence-electron chi connectivity index (χ1n) is 8.85. The summed E-state index contributed by atoms with van der Waals surface area (Å²) in [5.41, 5.74) is 2.23. The molecular formula is C20H25BrN2O. The normalized spacial score (nSPS) is 16.0. The molecule has 0 aliphatic heterocycles. The van der Waals surface area contributed by atoms with Gasteiger partial charge in [0.15, 0.2) is 0 Å². The van der Waals surface area contributed by atoms with Gasteiger partial charge in [-0.3, -0.25) is 4.79 Å². The predicted molar refractivity (Wildman–Crippen MR) is 103 cm³/mol. The number of allylic oxidation sites excluding steroid dienone is 1. The van der Waals surface area contributed by atoms with Crippen molar-refractivity contribution in [3.63, 3.8) is 0 Å². The minimum atomic E-state index is 0.138. The number of hydrogen-bond acceptors (Lipinski definition) is 1. The van der Waals surface area contributed by atoms with Gasteiger partial charge in [-0.2, -0.15) is 0 Å². The van der Waals surface area contributed by atoms with Crippen molar-refractivity contribution in [3.05, 3.63) is 47.1 Å². The van der Waals surface area contributed by atoms with Gasteiger partial charge >= 0.3 is 0 Å². The number of hydrogen-bond donors (Lipinski definition) is 1. The number of nitrogens with zero attached hydrogens (tertiary/aromatic N) is 1. The molecule has 4 heteroatoms. The van der Waals surface area contributed by atoms with Crippen LogP contribution in [-0.2, 0) is 17.8 Å². The van der Waals surface area contributed by atoms with E-state index >= 15 is 0 Å². The average Bonchev–Trinajstić information content (AvgIpc) is 2.73. The predicted octanol–water partition coefficient (Wildman–Crippen LogP) is 4.97. The Balaban J connectivity index is 1.77. The third-order valence-electron chi connectivity index (χ3n) is 4.82. The average molecular weight is 389 g/mol. The summed E-state index contributed by atoms with van der Waals surface area (Å²) in [6.45, 7) is 4.58. The first kappa shape index (κ1) is 17.3. The van der Waals surface area contributed by atoms with Crippen LogP contribution in [0.4, 0.5) is 0 Å². The van der Waals surface area contributed by atoms with Gasteiger partial charge in [0.05, 0.1) is 6.42 Å². The molecule has 1 saturated carbocycles. The molecule has 3 nitrogen and oxygen atoms in total. The van der Waals surface area contributed by atoms with Crippen LogP contribution >= 0.6 is 15.9 Å². The Hall–Kier alpha value is -1.55. The molecule has 1 aromatic heterocycles. The monoisotopic (exact) mass is 388 g/mol. The molecule has 1 N–H and O–H groups in total. The first-order chi connectivity index (χ1) is 11.7. The Morgan fingerprint density at radius 2 is 2.04 bits per heavy atom. The van der Waals surface area contributed by atoms with E-state index in [1.165, 1.54) is 25.7 Å². The number of aromatic nitrogens is 1. The molecule has 0 spiro atoms. The number of benzene rings is 1. The molecule has 0 atom stereocenters. The van der Waals surface area contributed by atoms with Crippen molar-refractivity contribution in [2.75, 3.05) is 0 Å². The number of amides is 1. The van der Waals surface area contributed by atoms with Crippen molar-refractivity contribution in [1.29, 1.82) is 0 Å². The molecule has 1 fully saturated rings. The van der Waals surface area contributed by atoms with Gasteiger partial charge < -0.3 is 9.88 Å². The molecule has 0 bridgehead atoms. The molecule has 0 unspecified atom stereocenters. The summed E-state index contributed by atoms with van der Waals surface area (Å²) in [5.74, 6) is 0.138. The van der Waals surface area contributed by atoms with Crippen LogP contribution in [0.1, 0.15) is 44.1 Å². The fourth-order valence-electron chi connectivity index (χ4n) is 3.65. The molecule has 1 heterocycles. The molecule has 1 aliphatic rings. The second kappa shape index (κ2) is 8.02. The first-order valence-corrected chi connectivity index (χ1v) is 9.64. The van der Waals surface area contributed by atoms with Gasteiger partial charge in [-0.25, -0.2) is 0 Å². The topological polar surface area (TPSA) is 34.0 Å². The number of nitrogens with one attached hydrogen (secondary N) is 1. The highest BCUT2D eigenvalue weighted by Crippen LogP contribution is 2.26. The summed E-state index contributed by atoms with van der Waals surface area (Å²) < 4.78 is 3.19. The van der Waals surface area contributed by atoms with E-state index < -0.39 is 0 Å². The second-order valence-electron chi connectivity index (χ2n) is 6.69. The number of halogens is 1. The van der Waals surface area contributed by atoms with Crippen molar-refractivity contribution < 1.29 is 4.79 Å². The van der Waals surface area contributed by atoms with Gasteiger partial charge in [0, 0.05) is 34.2 Å². The summed E-state index contributed by atoms with van der Waals surface area (Å²) in [6.07, 6.45) is 11.7. The summed E-state index contributed by atoms with van der Waals surface area (Å²) in [4.78, 5) is 12.5. The third-order valence-corrected chi connectivity index (χ3v) is 5.32. The van der Waals surface area contributed by atoms with Gasteiger partial charge in [0.1, 0.15) is 0 Å². The summed E-state index contributed by atoms with van der Waals surface area (Å²) in [7, 11) is 0. The Morgan fingerprint density at radius 3 is 2.75 bits per heavy atom. The number of rotatable bonds is 5. The zero-order chi connectivity index (χ0) is 16.9. The maximum absolute atomic E-state index is 12.5. The third kappa shape index (κ3) is 4.10. The SMILES string of the molecule is C=CCn1cc(CC(=O)NC2CCCCCC2)c2cc(Br)ccc21. The Morgan fingerprint density at radius 1 is 1.29 bits per heavy atom. The lowest BCUT2D eigenvalue weighted by molar-refractivity contribution is -0.121.